The molecule has 0 aliphatic heterocycles. The van der Waals surface area contributed by atoms with Crippen LogP contribution >= 0.6 is 15.9 Å². The van der Waals surface area contributed by atoms with Crippen molar-refractivity contribution in [1.29, 1.82) is 0 Å². The first kappa shape index (κ1) is 15.4. The summed E-state index contributed by atoms with van der Waals surface area (Å²) >= 11 is 3.39. The highest BCUT2D eigenvalue weighted by atomic mass is 79.9. The molecule has 1 rings (SSSR count). The number of benzene rings is 1. The Balaban J connectivity index is 2.59. The highest BCUT2D eigenvalue weighted by Gasteiger charge is 2.15. The zero-order valence-corrected chi connectivity index (χ0v) is 13.2. The Morgan fingerprint density at radius 1 is 1.33 bits per heavy atom. The van der Waals surface area contributed by atoms with Gasteiger partial charge in [-0.25, -0.2) is 0 Å². The van der Waals surface area contributed by atoms with Crippen LogP contribution in [0.15, 0.2) is 28.7 Å². The molecule has 2 nitrogen and oxygen atoms in total. The fourth-order valence-corrected chi connectivity index (χ4v) is 2.40. The Hall–Kier alpha value is -0.670. The molecular formula is C15H22BrNO. The number of hydrogen-bond acceptors (Lipinski definition) is 2. The van der Waals surface area contributed by atoms with Gasteiger partial charge in [-0.05, 0) is 38.4 Å². The Labute approximate surface area is 119 Å². The summed E-state index contributed by atoms with van der Waals surface area (Å²) in [6.45, 7) is 7.07. The molecule has 0 aliphatic carbocycles. The molecule has 0 amide bonds. The largest absolute Gasteiger partial charge is 0.296 e. The molecule has 0 spiro atoms. The van der Waals surface area contributed by atoms with Crippen molar-refractivity contribution in [3.8, 4) is 0 Å². The first-order valence-corrected chi connectivity index (χ1v) is 7.18. The first-order valence-electron chi connectivity index (χ1n) is 6.39. The summed E-state index contributed by atoms with van der Waals surface area (Å²) in [4.78, 5) is 14.3. The highest BCUT2D eigenvalue weighted by molar-refractivity contribution is 9.10. The zero-order valence-electron chi connectivity index (χ0n) is 11.6. The molecule has 0 fully saturated rings. The number of rotatable bonds is 6. The van der Waals surface area contributed by atoms with Crippen LogP contribution in [0.4, 0.5) is 0 Å². The van der Waals surface area contributed by atoms with Gasteiger partial charge in [-0.15, -0.1) is 0 Å². The third kappa shape index (κ3) is 4.91. The lowest BCUT2D eigenvalue weighted by atomic mass is 10.0. The summed E-state index contributed by atoms with van der Waals surface area (Å²) in [5, 5.41) is 0. The first-order chi connectivity index (χ1) is 8.40. The van der Waals surface area contributed by atoms with Crippen LogP contribution < -0.4 is 0 Å². The van der Waals surface area contributed by atoms with Gasteiger partial charge in [0.1, 0.15) is 0 Å². The Morgan fingerprint density at radius 2 is 2.00 bits per heavy atom. The fourth-order valence-electron chi connectivity index (χ4n) is 2.00. The van der Waals surface area contributed by atoms with E-state index in [4.69, 9.17) is 0 Å². The number of ketones is 1. The van der Waals surface area contributed by atoms with Gasteiger partial charge in [0, 0.05) is 16.1 Å². The van der Waals surface area contributed by atoms with Crippen LogP contribution in [0, 0.1) is 5.92 Å². The van der Waals surface area contributed by atoms with Gasteiger partial charge in [0.2, 0.25) is 0 Å². The number of hydrogen-bond donors (Lipinski definition) is 0. The second kappa shape index (κ2) is 7.05. The smallest absolute Gasteiger partial charge is 0.176 e. The van der Waals surface area contributed by atoms with Gasteiger partial charge < -0.3 is 0 Å². The molecule has 0 bridgehead atoms. The average molecular weight is 312 g/mol. The van der Waals surface area contributed by atoms with Crippen molar-refractivity contribution in [2.24, 2.45) is 5.92 Å². The van der Waals surface area contributed by atoms with Crippen molar-refractivity contribution in [2.45, 2.75) is 33.2 Å². The van der Waals surface area contributed by atoms with Gasteiger partial charge in [-0.1, -0.05) is 41.9 Å². The summed E-state index contributed by atoms with van der Waals surface area (Å²) in [6.07, 6.45) is 1.11. The van der Waals surface area contributed by atoms with Gasteiger partial charge in [0.05, 0.1) is 6.54 Å². The fraction of sp³-hybridized carbons (Fsp3) is 0.533. The number of Topliss-reactive ketones (excluding diaryl/α,β-unsaturated/α-hetero) is 1. The van der Waals surface area contributed by atoms with E-state index in [-0.39, 0.29) is 5.78 Å². The molecule has 0 radical (unpaired) electrons. The van der Waals surface area contributed by atoms with Gasteiger partial charge in [0.25, 0.3) is 0 Å². The van der Waals surface area contributed by atoms with Crippen LogP contribution in [0.5, 0.6) is 0 Å². The lowest BCUT2D eigenvalue weighted by Gasteiger charge is -2.25. The standard InChI is InChI=1S/C15H22BrNO/c1-11(2)8-12(3)17(4)10-15(18)13-6-5-7-14(16)9-13/h5-7,9,11-12H,8,10H2,1-4H3. The zero-order chi connectivity index (χ0) is 13.7. The molecule has 100 valence electrons. The van der Waals surface area contributed by atoms with Crippen molar-refractivity contribution in [3.63, 3.8) is 0 Å². The van der Waals surface area contributed by atoms with Crippen molar-refractivity contribution >= 4 is 21.7 Å². The Bertz CT molecular complexity index is 403. The number of carbonyl (C=O) groups is 1. The maximum atomic E-state index is 12.1. The van der Waals surface area contributed by atoms with E-state index >= 15 is 0 Å². The molecule has 0 heterocycles. The van der Waals surface area contributed by atoms with Crippen LogP contribution in [0.25, 0.3) is 0 Å². The molecule has 0 aromatic heterocycles. The predicted molar refractivity (Wildman–Crippen MR) is 80.0 cm³/mol. The maximum absolute atomic E-state index is 12.1. The van der Waals surface area contributed by atoms with Gasteiger partial charge in [-0.3, -0.25) is 9.69 Å². The number of carbonyl (C=O) groups excluding carboxylic acids is 1. The topological polar surface area (TPSA) is 20.3 Å². The normalized spacial score (nSPS) is 13.1. The van der Waals surface area contributed by atoms with E-state index in [1.165, 1.54) is 0 Å². The van der Waals surface area contributed by atoms with Crippen LogP contribution in [0.1, 0.15) is 37.6 Å². The minimum atomic E-state index is 0.175. The molecule has 3 heteroatoms. The lowest BCUT2D eigenvalue weighted by molar-refractivity contribution is 0.0916. The third-order valence-corrected chi connectivity index (χ3v) is 3.60. The minimum absolute atomic E-state index is 0.175. The number of halogens is 1. The van der Waals surface area contributed by atoms with Crippen LogP contribution in [-0.2, 0) is 0 Å². The van der Waals surface area contributed by atoms with E-state index in [0.29, 0.717) is 18.5 Å². The molecule has 0 aliphatic rings. The maximum Gasteiger partial charge on any atom is 0.176 e. The molecule has 1 unspecified atom stereocenters. The van der Waals surface area contributed by atoms with Crippen LogP contribution in [-0.4, -0.2) is 30.3 Å². The predicted octanol–water partition coefficient (Wildman–Crippen LogP) is 4.00. The molecule has 0 saturated heterocycles. The van der Waals surface area contributed by atoms with E-state index in [1.54, 1.807) is 0 Å². The second-order valence-corrected chi connectivity index (χ2v) is 6.24. The summed E-state index contributed by atoms with van der Waals surface area (Å²) in [7, 11) is 2.02. The van der Waals surface area contributed by atoms with Crippen molar-refractivity contribution in [3.05, 3.63) is 34.3 Å². The summed E-state index contributed by atoms with van der Waals surface area (Å²) in [6, 6.07) is 8.01. The minimum Gasteiger partial charge on any atom is -0.296 e. The lowest BCUT2D eigenvalue weighted by Crippen LogP contribution is -2.34. The summed E-state index contributed by atoms with van der Waals surface area (Å²) < 4.78 is 0.950. The van der Waals surface area contributed by atoms with Gasteiger partial charge in [-0.2, -0.15) is 0 Å². The molecule has 0 N–H and O–H groups in total. The van der Waals surface area contributed by atoms with Gasteiger partial charge >= 0.3 is 0 Å². The van der Waals surface area contributed by atoms with Crippen molar-refractivity contribution in [2.75, 3.05) is 13.6 Å². The number of nitrogens with zero attached hydrogens (tertiary/aromatic N) is 1. The van der Waals surface area contributed by atoms with E-state index in [0.717, 1.165) is 16.5 Å². The van der Waals surface area contributed by atoms with E-state index in [9.17, 15) is 4.79 Å². The molecule has 1 atom stereocenters. The van der Waals surface area contributed by atoms with Gasteiger partial charge in [0.15, 0.2) is 5.78 Å². The number of likely N-dealkylation sites (N-methyl/N-ethyl adjacent to an activating group) is 1. The highest BCUT2D eigenvalue weighted by Crippen LogP contribution is 2.14. The molecule has 1 aromatic rings. The molecule has 0 saturated carbocycles. The van der Waals surface area contributed by atoms with Crippen molar-refractivity contribution in [1.82, 2.24) is 4.90 Å². The molecular weight excluding hydrogens is 290 g/mol. The Morgan fingerprint density at radius 3 is 2.56 bits per heavy atom. The van der Waals surface area contributed by atoms with E-state index in [1.807, 2.05) is 31.3 Å². The molecule has 1 aromatic carbocycles. The quantitative estimate of drug-likeness (QED) is 0.740. The Kier molecular flexibility index (Phi) is 6.03. The van der Waals surface area contributed by atoms with Crippen LogP contribution in [0.2, 0.25) is 0 Å². The van der Waals surface area contributed by atoms with Crippen LogP contribution in [0.3, 0.4) is 0 Å². The van der Waals surface area contributed by atoms with Crippen molar-refractivity contribution < 1.29 is 4.79 Å². The summed E-state index contributed by atoms with van der Waals surface area (Å²) in [5.74, 6) is 0.831. The van der Waals surface area contributed by atoms with E-state index in [2.05, 4.69) is 41.6 Å². The third-order valence-electron chi connectivity index (χ3n) is 3.10. The molecule has 18 heavy (non-hydrogen) atoms. The average Bonchev–Trinajstić information content (AvgIpc) is 2.27. The van der Waals surface area contributed by atoms with E-state index < -0.39 is 0 Å². The summed E-state index contributed by atoms with van der Waals surface area (Å²) in [5.41, 5.74) is 0.771. The SMILES string of the molecule is CC(C)CC(C)N(C)CC(=O)c1cccc(Br)c1. The second-order valence-electron chi connectivity index (χ2n) is 5.33. The monoisotopic (exact) mass is 311 g/mol.